The molecule has 0 aliphatic heterocycles. The maximum absolute atomic E-state index is 9.75. The molecule has 0 fully saturated rings. The minimum Gasteiger partial charge on any atom is -0.418 e. The molecule has 2 rings (SSSR count). The van der Waals surface area contributed by atoms with Gasteiger partial charge in [0, 0.05) is 0 Å². The number of rotatable bonds is 2. The minimum atomic E-state index is -6.00. The molecule has 0 aromatic rings. The fourth-order valence-electron chi connectivity index (χ4n) is 3.10. The van der Waals surface area contributed by atoms with Crippen LogP contribution in [0.3, 0.4) is 0 Å². The monoisotopic (exact) mass is 381 g/mol. The van der Waals surface area contributed by atoms with Gasteiger partial charge < -0.3 is 17.3 Å². The third-order valence-electron chi connectivity index (χ3n) is 5.35. The summed E-state index contributed by atoms with van der Waals surface area (Å²) in [5.74, 6) is 1.32. The van der Waals surface area contributed by atoms with E-state index in [4.69, 9.17) is 0 Å². The van der Waals surface area contributed by atoms with Gasteiger partial charge in [0.2, 0.25) is 0 Å². The van der Waals surface area contributed by atoms with Crippen molar-refractivity contribution in [2.45, 2.75) is 55.4 Å². The van der Waals surface area contributed by atoms with Gasteiger partial charge in [-0.05, 0) is 0 Å². The van der Waals surface area contributed by atoms with Crippen molar-refractivity contribution in [1.29, 1.82) is 0 Å². The molecule has 2 aliphatic rings. The molecule has 0 amide bonds. The standard InChI is InChI=1S/2C9H13.BF4.Cr/c2*1-6-5-7(2)9(4)8(6)3;2-1(3,4)5;/h2*6H,1-4H3;;/q;;-1;. The molecule has 0 saturated heterocycles. The normalized spacial score (nSPS) is 25.0. The Morgan fingerprint density at radius 3 is 1.04 bits per heavy atom. The Labute approximate surface area is 149 Å². The molecule has 0 aromatic carbocycles. The molecular formula is C18H26BCrF4-. The molecule has 0 nitrogen and oxygen atoms in total. The van der Waals surface area contributed by atoms with Gasteiger partial charge in [-0.25, -0.2) is 0 Å². The summed E-state index contributed by atoms with van der Waals surface area (Å²) in [6.07, 6.45) is 0. The van der Waals surface area contributed by atoms with Crippen molar-refractivity contribution >= 4 is 7.25 Å². The first-order valence-electron chi connectivity index (χ1n) is 8.09. The van der Waals surface area contributed by atoms with Gasteiger partial charge in [-0.2, -0.15) is 0 Å². The largest absolute Gasteiger partial charge is 0.673 e. The fraction of sp³-hybridized carbons (Fsp3) is 0.556. The molecule has 2 unspecified atom stereocenters. The van der Waals surface area contributed by atoms with Crippen molar-refractivity contribution in [3.63, 3.8) is 0 Å². The van der Waals surface area contributed by atoms with Crippen LogP contribution in [0, 0.1) is 11.8 Å². The van der Waals surface area contributed by atoms with E-state index in [1.807, 2.05) is 0 Å². The molecule has 0 radical (unpaired) electrons. The van der Waals surface area contributed by atoms with E-state index in [0.717, 1.165) is 0 Å². The molecule has 0 aromatic heterocycles. The maximum atomic E-state index is 9.75. The Morgan fingerprint density at radius 2 is 0.875 bits per heavy atom. The van der Waals surface area contributed by atoms with Crippen LogP contribution in [0.5, 0.6) is 0 Å². The zero-order valence-electron chi connectivity index (χ0n) is 15.7. The summed E-state index contributed by atoms with van der Waals surface area (Å²) in [4.78, 5) is 0. The molecule has 0 spiro atoms. The van der Waals surface area contributed by atoms with Gasteiger partial charge in [-0.1, -0.05) is 0 Å². The molecule has 0 saturated carbocycles. The van der Waals surface area contributed by atoms with Crippen LogP contribution in [0.1, 0.15) is 55.4 Å². The van der Waals surface area contributed by atoms with Gasteiger partial charge in [-0.3, -0.25) is 0 Å². The van der Waals surface area contributed by atoms with Crippen molar-refractivity contribution < 1.29 is 32.5 Å². The van der Waals surface area contributed by atoms with Crippen LogP contribution in [0.15, 0.2) is 42.3 Å². The summed E-state index contributed by atoms with van der Waals surface area (Å²) in [5.41, 5.74) is 9.38. The second kappa shape index (κ2) is 7.66. The Balaban J connectivity index is 0.000000505. The van der Waals surface area contributed by atoms with Gasteiger partial charge in [-0.15, -0.1) is 0 Å². The smallest absolute Gasteiger partial charge is 0.418 e. The zero-order chi connectivity index (χ0) is 19.0. The molecule has 2 aliphatic carbocycles. The molecule has 24 heavy (non-hydrogen) atoms. The Kier molecular flexibility index (Phi) is 6.81. The average molecular weight is 381 g/mol. The first kappa shape index (κ1) is 21.3. The molecule has 136 valence electrons. The van der Waals surface area contributed by atoms with E-state index in [9.17, 15) is 17.3 Å². The number of halogens is 4. The average Bonchev–Trinajstić information content (AvgIpc) is 2.75. The topological polar surface area (TPSA) is 0 Å². The van der Waals surface area contributed by atoms with E-state index in [1.165, 1.54) is 11.1 Å². The summed E-state index contributed by atoms with van der Waals surface area (Å²) >= 11 is 0.519. The van der Waals surface area contributed by atoms with Crippen molar-refractivity contribution in [3.8, 4) is 0 Å². The molecule has 2 atom stereocenters. The maximum Gasteiger partial charge on any atom is 0.673 e. The quantitative estimate of drug-likeness (QED) is 0.361. The summed E-state index contributed by atoms with van der Waals surface area (Å²) in [7, 11) is -6.00. The van der Waals surface area contributed by atoms with Crippen molar-refractivity contribution in [3.05, 3.63) is 42.3 Å². The SMILES string of the molecule is CC1=C(C)C(C)[C]([Cr][C]2=C(C)C(C)=C(C)C2C)=C1C.F[B-](F)(F)F. The van der Waals surface area contributed by atoms with E-state index in [-0.39, 0.29) is 0 Å². The first-order valence-corrected chi connectivity index (χ1v) is 9.37. The summed E-state index contributed by atoms with van der Waals surface area (Å²) in [5, 5.41) is 0. The van der Waals surface area contributed by atoms with Crippen LogP contribution in [-0.2, 0) is 15.2 Å². The number of hydrogen-bond donors (Lipinski definition) is 0. The molecule has 0 bridgehead atoms. The number of hydrogen-bond acceptors (Lipinski definition) is 0. The summed E-state index contributed by atoms with van der Waals surface area (Å²) in [6, 6.07) is 0. The van der Waals surface area contributed by atoms with E-state index < -0.39 is 7.25 Å². The predicted octanol–water partition coefficient (Wildman–Crippen LogP) is 6.89. The van der Waals surface area contributed by atoms with Crippen LogP contribution in [0.4, 0.5) is 17.3 Å². The van der Waals surface area contributed by atoms with Crippen LogP contribution in [0.2, 0.25) is 0 Å². The first-order chi connectivity index (χ1) is 10.8. The van der Waals surface area contributed by atoms with Crippen molar-refractivity contribution in [2.24, 2.45) is 11.8 Å². The van der Waals surface area contributed by atoms with E-state index in [1.54, 1.807) is 31.2 Å². The third-order valence-corrected chi connectivity index (χ3v) is 8.10. The molecule has 0 heterocycles. The minimum absolute atomic E-state index is 0.519. The second-order valence-electron chi connectivity index (χ2n) is 6.63. The van der Waals surface area contributed by atoms with Crippen molar-refractivity contribution in [2.75, 3.05) is 0 Å². The van der Waals surface area contributed by atoms with Crippen LogP contribution in [-0.4, -0.2) is 7.25 Å². The van der Waals surface area contributed by atoms with Gasteiger partial charge >= 0.3 is 132 Å². The number of allylic oxidation sites excluding steroid dienone is 8. The van der Waals surface area contributed by atoms with Gasteiger partial charge in [0.1, 0.15) is 0 Å². The third kappa shape index (κ3) is 4.67. The van der Waals surface area contributed by atoms with Crippen LogP contribution in [0.25, 0.3) is 0 Å². The van der Waals surface area contributed by atoms with Crippen molar-refractivity contribution in [1.82, 2.24) is 0 Å². The molecule has 6 heteroatoms. The van der Waals surface area contributed by atoms with Crippen LogP contribution < -0.4 is 0 Å². The van der Waals surface area contributed by atoms with Gasteiger partial charge in [0.15, 0.2) is 0 Å². The predicted molar refractivity (Wildman–Crippen MR) is 90.7 cm³/mol. The summed E-state index contributed by atoms with van der Waals surface area (Å²) in [6.45, 7) is 18.6. The summed E-state index contributed by atoms with van der Waals surface area (Å²) < 4.78 is 42.4. The van der Waals surface area contributed by atoms with Gasteiger partial charge in [0.05, 0.1) is 0 Å². The molecule has 0 N–H and O–H groups in total. The van der Waals surface area contributed by atoms with Crippen LogP contribution >= 0.6 is 0 Å². The second-order valence-corrected chi connectivity index (χ2v) is 8.33. The Bertz CT molecular complexity index is 594. The van der Waals surface area contributed by atoms with E-state index in [0.29, 0.717) is 27.1 Å². The fourth-order valence-corrected chi connectivity index (χ4v) is 5.53. The molecular weight excluding hydrogens is 355 g/mol. The Morgan fingerprint density at radius 1 is 0.625 bits per heavy atom. The van der Waals surface area contributed by atoms with E-state index in [2.05, 4.69) is 55.4 Å². The van der Waals surface area contributed by atoms with Gasteiger partial charge in [0.25, 0.3) is 0 Å². The zero-order valence-corrected chi connectivity index (χ0v) is 16.9. The van der Waals surface area contributed by atoms with E-state index >= 15 is 0 Å². The Hall–Kier alpha value is -0.723.